The van der Waals surface area contributed by atoms with Crippen LogP contribution in [0.25, 0.3) is 6.08 Å². The number of carbonyl (C=O) groups excluding carboxylic acids is 1. The Balaban J connectivity index is 2.04. The minimum absolute atomic E-state index is 0.0413. The highest BCUT2D eigenvalue weighted by atomic mass is 35.5. The fourth-order valence-electron chi connectivity index (χ4n) is 3.74. The average Bonchev–Trinajstić information content (AvgIpc) is 3.03. The number of esters is 1. The number of hydrogen-bond donors (Lipinski definition) is 1. The molecule has 2 aliphatic heterocycles. The van der Waals surface area contributed by atoms with Crippen LogP contribution in [0.3, 0.4) is 0 Å². The highest BCUT2D eigenvalue weighted by Gasteiger charge is 2.43. The molecule has 0 bridgehead atoms. The molecule has 0 aromatic heterocycles. The second kappa shape index (κ2) is 10.4. The van der Waals surface area contributed by atoms with Crippen molar-refractivity contribution in [1.29, 1.82) is 0 Å². The summed E-state index contributed by atoms with van der Waals surface area (Å²) in [6.45, 7) is 7.30. The van der Waals surface area contributed by atoms with Crippen molar-refractivity contribution < 1.29 is 33.6 Å². The van der Waals surface area contributed by atoms with E-state index in [4.69, 9.17) is 35.3 Å². The van der Waals surface area contributed by atoms with Crippen molar-refractivity contribution in [2.45, 2.75) is 64.3 Å². The van der Waals surface area contributed by atoms with Gasteiger partial charge >= 0.3 is 5.97 Å². The van der Waals surface area contributed by atoms with Crippen molar-refractivity contribution in [3.8, 4) is 5.75 Å². The predicted molar refractivity (Wildman–Crippen MR) is 121 cm³/mol. The Morgan fingerprint density at radius 3 is 2.69 bits per heavy atom. The van der Waals surface area contributed by atoms with E-state index in [2.05, 4.69) is 0 Å². The Kier molecular flexibility index (Phi) is 8.01. The highest BCUT2D eigenvalue weighted by Crippen LogP contribution is 2.34. The molecule has 3 rings (SSSR count). The van der Waals surface area contributed by atoms with Gasteiger partial charge in [0.05, 0.1) is 6.10 Å². The van der Waals surface area contributed by atoms with E-state index in [-0.39, 0.29) is 30.1 Å². The van der Waals surface area contributed by atoms with Gasteiger partial charge in [0.1, 0.15) is 29.6 Å². The van der Waals surface area contributed by atoms with Gasteiger partial charge in [0, 0.05) is 18.1 Å². The summed E-state index contributed by atoms with van der Waals surface area (Å²) in [5.74, 6) is -1.22. The monoisotopic (exact) mass is 466 g/mol. The van der Waals surface area contributed by atoms with E-state index in [1.165, 1.54) is 7.11 Å². The second-order valence-electron chi connectivity index (χ2n) is 8.54. The molecule has 1 aromatic carbocycles. The topological polar surface area (TPSA) is 83.5 Å². The molecule has 1 fully saturated rings. The molecular formula is C24H31ClO7. The molecule has 176 valence electrons. The van der Waals surface area contributed by atoms with Gasteiger partial charge in [-0.2, -0.15) is 0 Å². The van der Waals surface area contributed by atoms with Crippen LogP contribution in [-0.2, 0) is 18.9 Å². The molecular weight excluding hydrogens is 436 g/mol. The second-order valence-corrected chi connectivity index (χ2v) is 8.98. The Hall–Kier alpha value is -1.90. The van der Waals surface area contributed by atoms with Gasteiger partial charge in [-0.25, -0.2) is 4.79 Å². The third-order valence-electron chi connectivity index (χ3n) is 5.50. The molecule has 2 heterocycles. The molecule has 1 saturated heterocycles. The van der Waals surface area contributed by atoms with Crippen molar-refractivity contribution in [1.82, 2.24) is 0 Å². The summed E-state index contributed by atoms with van der Waals surface area (Å²) in [6.07, 6.45) is 5.38. The van der Waals surface area contributed by atoms with Crippen LogP contribution in [0.15, 0.2) is 30.4 Å². The van der Waals surface area contributed by atoms with E-state index in [0.29, 0.717) is 17.0 Å². The van der Waals surface area contributed by atoms with Crippen molar-refractivity contribution in [3.63, 3.8) is 0 Å². The maximum atomic E-state index is 13.1. The van der Waals surface area contributed by atoms with Crippen LogP contribution < -0.4 is 4.74 Å². The fraction of sp³-hybridized carbons (Fsp3) is 0.542. The van der Waals surface area contributed by atoms with E-state index < -0.39 is 30.1 Å². The lowest BCUT2D eigenvalue weighted by Crippen LogP contribution is -2.34. The van der Waals surface area contributed by atoms with Crippen LogP contribution in [0, 0.1) is 5.92 Å². The molecule has 2 aliphatic rings. The number of cyclic esters (lactones) is 1. The van der Waals surface area contributed by atoms with E-state index in [1.807, 2.05) is 32.9 Å². The van der Waals surface area contributed by atoms with Crippen LogP contribution >= 0.6 is 11.6 Å². The number of aliphatic hydroxyl groups is 1. The first-order chi connectivity index (χ1) is 15.1. The molecule has 0 spiro atoms. The standard InChI is InChI=1S/C24H31ClO7/c1-14-9-10-18(26)22-19(31-24(3,4)32-22)8-6-7-16-11-17(25)12-20(29-13-28-5)21(16)23(27)30-15(14)2/h6-7,9-12,14-15,18-19,22,26H,8,13H2,1-5H3/t14-,15+,18?,19+,22-/m1/s1. The summed E-state index contributed by atoms with van der Waals surface area (Å²) >= 11 is 6.29. The van der Waals surface area contributed by atoms with Crippen LogP contribution in [-0.4, -0.2) is 55.2 Å². The summed E-state index contributed by atoms with van der Waals surface area (Å²) in [7, 11) is 1.49. The van der Waals surface area contributed by atoms with E-state index in [1.54, 1.807) is 31.2 Å². The van der Waals surface area contributed by atoms with Crippen LogP contribution in [0.1, 0.15) is 50.0 Å². The number of ether oxygens (including phenoxy) is 5. The first kappa shape index (κ1) is 24.7. The number of aliphatic hydroxyl groups excluding tert-OH is 1. The third-order valence-corrected chi connectivity index (χ3v) is 5.72. The average molecular weight is 467 g/mol. The van der Waals surface area contributed by atoms with Crippen LogP contribution in [0.4, 0.5) is 0 Å². The molecule has 8 heteroatoms. The van der Waals surface area contributed by atoms with E-state index in [9.17, 15) is 9.90 Å². The minimum atomic E-state index is -0.862. The largest absolute Gasteiger partial charge is 0.467 e. The molecule has 1 N–H and O–H groups in total. The Labute approximate surface area is 193 Å². The molecule has 1 unspecified atom stereocenters. The van der Waals surface area contributed by atoms with Gasteiger partial charge in [0.25, 0.3) is 0 Å². The number of carbonyl (C=O) groups is 1. The summed E-state index contributed by atoms with van der Waals surface area (Å²) in [6, 6.07) is 3.24. The van der Waals surface area contributed by atoms with Gasteiger partial charge in [-0.3, -0.25) is 0 Å². The molecule has 0 saturated carbocycles. The number of halogens is 1. The predicted octanol–water partition coefficient (Wildman–Crippen LogP) is 4.36. The molecule has 1 aromatic rings. The Bertz CT molecular complexity index is 879. The summed E-state index contributed by atoms with van der Waals surface area (Å²) < 4.78 is 28.3. The zero-order chi connectivity index (χ0) is 23.5. The lowest BCUT2D eigenvalue weighted by Gasteiger charge is -2.22. The van der Waals surface area contributed by atoms with Gasteiger partial charge in [-0.15, -0.1) is 0 Å². The van der Waals surface area contributed by atoms with Gasteiger partial charge in [-0.1, -0.05) is 42.8 Å². The van der Waals surface area contributed by atoms with E-state index in [0.717, 1.165) is 0 Å². The molecule has 0 radical (unpaired) electrons. The van der Waals surface area contributed by atoms with Gasteiger partial charge < -0.3 is 28.8 Å². The summed E-state index contributed by atoms with van der Waals surface area (Å²) in [5, 5.41) is 11.1. The van der Waals surface area contributed by atoms with Crippen molar-refractivity contribution in [2.24, 2.45) is 5.92 Å². The van der Waals surface area contributed by atoms with Crippen molar-refractivity contribution in [3.05, 3.63) is 46.5 Å². The number of fused-ring (bicyclic) bond motifs is 2. The highest BCUT2D eigenvalue weighted by molar-refractivity contribution is 6.31. The number of benzene rings is 1. The molecule has 5 atom stereocenters. The first-order valence-electron chi connectivity index (χ1n) is 10.7. The molecule has 7 nitrogen and oxygen atoms in total. The van der Waals surface area contributed by atoms with Gasteiger partial charge in [0.15, 0.2) is 12.6 Å². The van der Waals surface area contributed by atoms with Crippen molar-refractivity contribution >= 4 is 23.6 Å². The van der Waals surface area contributed by atoms with Crippen molar-refractivity contribution in [2.75, 3.05) is 13.9 Å². The number of methoxy groups -OCH3 is 1. The molecule has 0 aliphatic carbocycles. The first-order valence-corrected chi connectivity index (χ1v) is 11.0. The summed E-state index contributed by atoms with van der Waals surface area (Å²) in [5.41, 5.74) is 0.819. The normalized spacial score (nSPS) is 30.2. The lowest BCUT2D eigenvalue weighted by molar-refractivity contribution is -0.152. The Morgan fingerprint density at radius 2 is 1.97 bits per heavy atom. The zero-order valence-corrected chi connectivity index (χ0v) is 19.8. The Morgan fingerprint density at radius 1 is 1.22 bits per heavy atom. The smallest absolute Gasteiger partial charge is 0.342 e. The fourth-order valence-corrected chi connectivity index (χ4v) is 3.96. The number of hydrogen-bond acceptors (Lipinski definition) is 7. The quantitative estimate of drug-likeness (QED) is 0.402. The van der Waals surface area contributed by atoms with Crippen LogP contribution in [0.2, 0.25) is 5.02 Å². The lowest BCUT2D eigenvalue weighted by atomic mass is 9.99. The third kappa shape index (κ3) is 5.91. The maximum absolute atomic E-state index is 13.1. The zero-order valence-electron chi connectivity index (χ0n) is 19.0. The molecule has 32 heavy (non-hydrogen) atoms. The molecule has 0 amide bonds. The van der Waals surface area contributed by atoms with Crippen LogP contribution in [0.5, 0.6) is 5.75 Å². The van der Waals surface area contributed by atoms with E-state index >= 15 is 0 Å². The minimum Gasteiger partial charge on any atom is -0.467 e. The van der Waals surface area contributed by atoms with Gasteiger partial charge in [0.2, 0.25) is 0 Å². The maximum Gasteiger partial charge on any atom is 0.342 e. The SMILES string of the molecule is COCOc1cc(Cl)cc2c1C(=O)O[C@@H](C)[C@H](C)C=CC(O)[C@H]1OC(C)(C)O[C@H]1CC=C2. The summed E-state index contributed by atoms with van der Waals surface area (Å²) in [4.78, 5) is 13.1. The van der Waals surface area contributed by atoms with Gasteiger partial charge in [-0.05, 0) is 44.9 Å². The number of rotatable bonds is 3.